The zero-order valence-electron chi connectivity index (χ0n) is 7.25. The summed E-state index contributed by atoms with van der Waals surface area (Å²) in [5, 5.41) is 16.8. The first kappa shape index (κ1) is 18.6. The SMILES string of the molecule is NC(CSSCC(N)C(=O)O)C(=O)O.[KH]. The van der Waals surface area contributed by atoms with Crippen LogP contribution in [0.3, 0.4) is 0 Å². The average Bonchev–Trinajstić information content (AvgIpc) is 2.11. The van der Waals surface area contributed by atoms with Crippen LogP contribution in [0.1, 0.15) is 0 Å². The molecule has 6 N–H and O–H groups in total. The predicted octanol–water partition coefficient (Wildman–Crippen LogP) is -1.46. The minimum absolute atomic E-state index is 0. The van der Waals surface area contributed by atoms with Crippen LogP contribution in [0.2, 0.25) is 0 Å². The van der Waals surface area contributed by atoms with E-state index in [9.17, 15) is 9.59 Å². The van der Waals surface area contributed by atoms with Crippen molar-refractivity contribution in [1.29, 1.82) is 0 Å². The second kappa shape index (κ2) is 10.4. The van der Waals surface area contributed by atoms with E-state index < -0.39 is 24.0 Å². The van der Waals surface area contributed by atoms with Gasteiger partial charge in [-0.15, -0.1) is 0 Å². The molecule has 84 valence electrons. The third kappa shape index (κ3) is 10.1. The Bertz CT molecular complexity index is 197. The molecule has 2 atom stereocenters. The monoisotopic (exact) mass is 280 g/mol. The third-order valence-electron chi connectivity index (χ3n) is 1.21. The third-order valence-corrected chi connectivity index (χ3v) is 3.69. The molecule has 9 heteroatoms. The zero-order chi connectivity index (χ0) is 11.1. The summed E-state index contributed by atoms with van der Waals surface area (Å²) >= 11 is 0. The number of rotatable bonds is 7. The van der Waals surface area contributed by atoms with E-state index in [0.29, 0.717) is 0 Å². The molecule has 0 aliphatic carbocycles. The van der Waals surface area contributed by atoms with Gasteiger partial charge in [-0.05, 0) is 0 Å². The van der Waals surface area contributed by atoms with E-state index in [1.165, 1.54) is 21.6 Å². The fourth-order valence-corrected chi connectivity index (χ4v) is 2.61. The van der Waals surface area contributed by atoms with Gasteiger partial charge in [-0.2, -0.15) is 0 Å². The molecule has 0 bridgehead atoms. The van der Waals surface area contributed by atoms with Gasteiger partial charge >= 0.3 is 63.3 Å². The molecule has 0 saturated carbocycles. The first-order chi connectivity index (χ1) is 6.45. The molecular weight excluding hydrogens is 267 g/mol. The Kier molecular flexibility index (Phi) is 12.8. The van der Waals surface area contributed by atoms with Crippen molar-refractivity contribution in [2.45, 2.75) is 12.1 Å². The summed E-state index contributed by atoms with van der Waals surface area (Å²) in [6.45, 7) is 0. The van der Waals surface area contributed by atoms with Crippen molar-refractivity contribution < 1.29 is 19.8 Å². The van der Waals surface area contributed by atoms with Crippen molar-refractivity contribution in [3.63, 3.8) is 0 Å². The molecular formula is C6H13KN2O4S2. The fourth-order valence-electron chi connectivity index (χ4n) is 0.385. The maximum atomic E-state index is 10.3. The van der Waals surface area contributed by atoms with Gasteiger partial charge in [0.1, 0.15) is 12.1 Å². The van der Waals surface area contributed by atoms with Crippen LogP contribution in [-0.2, 0) is 9.59 Å². The van der Waals surface area contributed by atoms with Gasteiger partial charge in [-0.25, -0.2) is 0 Å². The summed E-state index contributed by atoms with van der Waals surface area (Å²) in [4.78, 5) is 20.5. The summed E-state index contributed by atoms with van der Waals surface area (Å²) in [6.07, 6.45) is 0. The van der Waals surface area contributed by atoms with Gasteiger partial charge in [-0.1, -0.05) is 21.6 Å². The zero-order valence-corrected chi connectivity index (χ0v) is 8.88. The Morgan fingerprint density at radius 3 is 1.47 bits per heavy atom. The molecule has 0 radical (unpaired) electrons. The number of hydrogen-bond acceptors (Lipinski definition) is 6. The molecule has 0 fully saturated rings. The van der Waals surface area contributed by atoms with E-state index in [4.69, 9.17) is 21.7 Å². The van der Waals surface area contributed by atoms with E-state index in [2.05, 4.69) is 0 Å². The molecule has 0 aliphatic heterocycles. The van der Waals surface area contributed by atoms with Crippen molar-refractivity contribution in [1.82, 2.24) is 0 Å². The summed E-state index contributed by atoms with van der Waals surface area (Å²) in [7, 11) is 2.41. The molecule has 0 spiro atoms. The van der Waals surface area contributed by atoms with Gasteiger partial charge in [0.05, 0.1) is 0 Å². The second-order valence-electron chi connectivity index (χ2n) is 2.46. The molecule has 0 aromatic heterocycles. The Hall–Kier alpha value is 1.20. The van der Waals surface area contributed by atoms with Gasteiger partial charge < -0.3 is 21.7 Å². The van der Waals surface area contributed by atoms with Crippen molar-refractivity contribution in [3.05, 3.63) is 0 Å². The molecule has 0 aliphatic rings. The van der Waals surface area contributed by atoms with Gasteiger partial charge in [-0.3, -0.25) is 9.59 Å². The molecule has 15 heavy (non-hydrogen) atoms. The first-order valence-electron chi connectivity index (χ1n) is 3.66. The van der Waals surface area contributed by atoms with E-state index in [0.717, 1.165) is 0 Å². The Morgan fingerprint density at radius 1 is 1.00 bits per heavy atom. The number of carboxylic acid groups (broad SMARTS) is 2. The van der Waals surface area contributed by atoms with E-state index in [-0.39, 0.29) is 62.9 Å². The van der Waals surface area contributed by atoms with Crippen LogP contribution >= 0.6 is 21.6 Å². The van der Waals surface area contributed by atoms with E-state index >= 15 is 0 Å². The van der Waals surface area contributed by atoms with Crippen LogP contribution in [0, 0.1) is 0 Å². The summed E-state index contributed by atoms with van der Waals surface area (Å²) in [6, 6.07) is -1.85. The molecule has 2 unspecified atom stereocenters. The molecule has 0 aromatic rings. The van der Waals surface area contributed by atoms with Crippen LogP contribution in [0.15, 0.2) is 0 Å². The summed E-state index contributed by atoms with van der Waals surface area (Å²) in [5.74, 6) is -1.68. The normalized spacial score (nSPS) is 13.7. The summed E-state index contributed by atoms with van der Waals surface area (Å²) < 4.78 is 0. The van der Waals surface area contributed by atoms with Crippen molar-refractivity contribution in [2.24, 2.45) is 11.5 Å². The molecule has 0 aromatic carbocycles. The Morgan fingerprint density at radius 2 is 1.27 bits per heavy atom. The van der Waals surface area contributed by atoms with Gasteiger partial charge in [0.2, 0.25) is 0 Å². The van der Waals surface area contributed by atoms with Crippen molar-refractivity contribution in [3.8, 4) is 0 Å². The number of aliphatic carboxylic acids is 2. The number of carbonyl (C=O) groups is 2. The first-order valence-corrected chi connectivity index (χ1v) is 6.15. The standard InChI is InChI=1S/C6H12N2O4S2.K.H/c7-3(5(9)10)1-13-14-2-4(8)6(11)12;;/h3-4H,1-2,7-8H2,(H,9,10)(H,11,12);;. The van der Waals surface area contributed by atoms with Crippen LogP contribution in [0.5, 0.6) is 0 Å². The van der Waals surface area contributed by atoms with Crippen molar-refractivity contribution in [2.75, 3.05) is 11.5 Å². The van der Waals surface area contributed by atoms with Crippen molar-refractivity contribution >= 4 is 84.9 Å². The molecule has 0 heterocycles. The molecule has 0 saturated heterocycles. The Labute approximate surface area is 138 Å². The van der Waals surface area contributed by atoms with Gasteiger partial charge in [0.15, 0.2) is 0 Å². The molecule has 0 amide bonds. The second-order valence-corrected chi connectivity index (χ2v) is 5.01. The van der Waals surface area contributed by atoms with Crippen LogP contribution < -0.4 is 11.5 Å². The minimum atomic E-state index is -1.07. The number of hydrogen-bond donors (Lipinski definition) is 4. The van der Waals surface area contributed by atoms with Gasteiger partial charge in [0, 0.05) is 11.5 Å². The topological polar surface area (TPSA) is 127 Å². The molecule has 6 nitrogen and oxygen atoms in total. The molecule has 0 rings (SSSR count). The number of carboxylic acids is 2. The van der Waals surface area contributed by atoms with Crippen LogP contribution in [0.25, 0.3) is 0 Å². The maximum absolute atomic E-state index is 10.3. The number of nitrogens with two attached hydrogens (primary N) is 2. The Balaban J connectivity index is 0. The van der Waals surface area contributed by atoms with E-state index in [1.54, 1.807) is 0 Å². The van der Waals surface area contributed by atoms with Crippen LogP contribution in [-0.4, -0.2) is 97.1 Å². The quantitative estimate of drug-likeness (QED) is 0.253. The average molecular weight is 280 g/mol. The fraction of sp³-hybridized carbons (Fsp3) is 0.667. The predicted molar refractivity (Wildman–Crippen MR) is 63.3 cm³/mol. The van der Waals surface area contributed by atoms with Gasteiger partial charge in [0.25, 0.3) is 0 Å². The summed E-state index contributed by atoms with van der Waals surface area (Å²) in [5.41, 5.74) is 10.4. The van der Waals surface area contributed by atoms with Crippen LogP contribution in [0.4, 0.5) is 0 Å². The van der Waals surface area contributed by atoms with E-state index in [1.807, 2.05) is 0 Å².